The first-order chi connectivity index (χ1) is 5.37. The summed E-state index contributed by atoms with van der Waals surface area (Å²) in [5.41, 5.74) is 1.33. The lowest BCUT2D eigenvalue weighted by atomic mass is 10.2. The van der Waals surface area contributed by atoms with Crippen molar-refractivity contribution < 1.29 is 4.43 Å². The van der Waals surface area contributed by atoms with Gasteiger partial charge in [0.15, 0.2) is 0 Å². The zero-order valence-electron chi connectivity index (χ0n) is 9.32. The number of rotatable bonds is 4. The summed E-state index contributed by atoms with van der Waals surface area (Å²) in [7, 11) is -1.38. The fourth-order valence-corrected chi connectivity index (χ4v) is 2.05. The predicted octanol–water partition coefficient (Wildman–Crippen LogP) is 3.93. The van der Waals surface area contributed by atoms with Crippen LogP contribution in [0, 0.1) is 0 Å². The highest BCUT2D eigenvalue weighted by atomic mass is 28.4. The van der Waals surface area contributed by atoms with E-state index >= 15 is 0 Å². The van der Waals surface area contributed by atoms with Gasteiger partial charge in [-0.15, -0.1) is 0 Å². The molecule has 2 heteroatoms. The summed E-state index contributed by atoms with van der Waals surface area (Å²) in [6.07, 6.45) is 2.26. The van der Waals surface area contributed by atoms with Crippen LogP contribution >= 0.6 is 0 Å². The van der Waals surface area contributed by atoms with Gasteiger partial charge < -0.3 is 4.43 Å². The van der Waals surface area contributed by atoms with Gasteiger partial charge in [-0.25, -0.2) is 0 Å². The molecule has 0 N–H and O–H groups in total. The van der Waals surface area contributed by atoms with Crippen LogP contribution in [0.1, 0.15) is 33.6 Å². The van der Waals surface area contributed by atoms with Gasteiger partial charge in [-0.3, -0.25) is 0 Å². The SMILES string of the molecule is CCCC(O[Si](C)(C)C)=C(C)C. The van der Waals surface area contributed by atoms with E-state index in [1.165, 1.54) is 17.8 Å². The van der Waals surface area contributed by atoms with Gasteiger partial charge in [0.25, 0.3) is 0 Å². The van der Waals surface area contributed by atoms with Crippen molar-refractivity contribution in [2.75, 3.05) is 0 Å². The second-order valence-corrected chi connectivity index (χ2v) is 8.82. The van der Waals surface area contributed by atoms with Crippen LogP contribution in [-0.4, -0.2) is 8.32 Å². The van der Waals surface area contributed by atoms with Crippen molar-refractivity contribution in [2.45, 2.75) is 53.3 Å². The highest BCUT2D eigenvalue weighted by Gasteiger charge is 2.17. The molecule has 0 bridgehead atoms. The van der Waals surface area contributed by atoms with Gasteiger partial charge in [0.05, 0.1) is 5.76 Å². The van der Waals surface area contributed by atoms with E-state index in [1.807, 2.05) is 0 Å². The van der Waals surface area contributed by atoms with Crippen molar-refractivity contribution in [3.8, 4) is 0 Å². The van der Waals surface area contributed by atoms with Crippen LogP contribution in [0.15, 0.2) is 11.3 Å². The Labute approximate surface area is 78.0 Å². The molecular formula is C10H22OSi. The quantitative estimate of drug-likeness (QED) is 0.477. The minimum absolute atomic E-state index is 1.09. The monoisotopic (exact) mass is 186 g/mol. The van der Waals surface area contributed by atoms with E-state index in [4.69, 9.17) is 4.43 Å². The molecule has 0 atom stereocenters. The maximum Gasteiger partial charge on any atom is 0.241 e. The third-order valence-electron chi connectivity index (χ3n) is 1.46. The van der Waals surface area contributed by atoms with Crippen LogP contribution in [0.5, 0.6) is 0 Å². The maximum atomic E-state index is 5.96. The highest BCUT2D eigenvalue weighted by molar-refractivity contribution is 6.70. The molecule has 0 aromatic rings. The van der Waals surface area contributed by atoms with Crippen molar-refractivity contribution in [3.05, 3.63) is 11.3 Å². The molecule has 0 aliphatic rings. The van der Waals surface area contributed by atoms with Crippen LogP contribution in [0.25, 0.3) is 0 Å². The number of hydrogen-bond acceptors (Lipinski definition) is 1. The second-order valence-electron chi connectivity index (χ2n) is 4.39. The van der Waals surface area contributed by atoms with Gasteiger partial charge in [0.2, 0.25) is 8.32 Å². The number of hydrogen-bond donors (Lipinski definition) is 0. The Morgan fingerprint density at radius 3 is 1.92 bits per heavy atom. The van der Waals surface area contributed by atoms with Crippen LogP contribution in [-0.2, 0) is 4.43 Å². The summed E-state index contributed by atoms with van der Waals surface area (Å²) in [6, 6.07) is 0. The molecule has 0 saturated carbocycles. The molecule has 0 aliphatic carbocycles. The third kappa shape index (κ3) is 5.41. The van der Waals surface area contributed by atoms with E-state index in [9.17, 15) is 0 Å². The van der Waals surface area contributed by atoms with Crippen molar-refractivity contribution in [3.63, 3.8) is 0 Å². The molecule has 0 aromatic heterocycles. The molecule has 0 fully saturated rings. The average molecular weight is 186 g/mol. The smallest absolute Gasteiger partial charge is 0.241 e. The molecule has 0 unspecified atom stereocenters. The lowest BCUT2D eigenvalue weighted by Crippen LogP contribution is -2.25. The maximum absolute atomic E-state index is 5.96. The molecule has 0 rings (SSSR count). The average Bonchev–Trinajstić information content (AvgIpc) is 1.83. The fraction of sp³-hybridized carbons (Fsp3) is 0.800. The molecule has 0 aromatic carbocycles. The molecule has 0 saturated heterocycles. The molecule has 12 heavy (non-hydrogen) atoms. The molecule has 1 nitrogen and oxygen atoms in total. The zero-order valence-corrected chi connectivity index (χ0v) is 10.3. The van der Waals surface area contributed by atoms with Crippen LogP contribution in [0.4, 0.5) is 0 Å². The van der Waals surface area contributed by atoms with Gasteiger partial charge in [-0.05, 0) is 45.5 Å². The highest BCUT2D eigenvalue weighted by Crippen LogP contribution is 2.18. The Morgan fingerprint density at radius 1 is 1.17 bits per heavy atom. The normalized spacial score (nSPS) is 11.2. The van der Waals surface area contributed by atoms with Crippen LogP contribution in [0.3, 0.4) is 0 Å². The summed E-state index contributed by atoms with van der Waals surface area (Å²) in [4.78, 5) is 0. The van der Waals surface area contributed by atoms with Gasteiger partial charge in [0.1, 0.15) is 0 Å². The van der Waals surface area contributed by atoms with E-state index in [0.717, 1.165) is 6.42 Å². The van der Waals surface area contributed by atoms with Crippen molar-refractivity contribution in [1.29, 1.82) is 0 Å². The van der Waals surface area contributed by atoms with Crippen molar-refractivity contribution in [2.24, 2.45) is 0 Å². The van der Waals surface area contributed by atoms with Crippen molar-refractivity contribution >= 4 is 8.32 Å². The topological polar surface area (TPSA) is 9.23 Å². The molecule has 0 radical (unpaired) electrons. The Bertz CT molecular complexity index is 161. The van der Waals surface area contributed by atoms with Gasteiger partial charge in [0, 0.05) is 6.42 Å². The molecule has 0 aliphatic heterocycles. The summed E-state index contributed by atoms with van der Waals surface area (Å²) >= 11 is 0. The van der Waals surface area contributed by atoms with E-state index in [-0.39, 0.29) is 0 Å². The van der Waals surface area contributed by atoms with Crippen LogP contribution in [0.2, 0.25) is 19.6 Å². The minimum Gasteiger partial charge on any atom is -0.547 e. The molecule has 72 valence electrons. The summed E-state index contributed by atoms with van der Waals surface area (Å²) in [5, 5.41) is 0. The third-order valence-corrected chi connectivity index (χ3v) is 2.32. The zero-order chi connectivity index (χ0) is 9.78. The molecule has 0 heterocycles. The van der Waals surface area contributed by atoms with E-state index in [2.05, 4.69) is 40.4 Å². The lowest BCUT2D eigenvalue weighted by Gasteiger charge is -2.22. The Morgan fingerprint density at radius 2 is 1.67 bits per heavy atom. The molecular weight excluding hydrogens is 164 g/mol. The molecule has 0 amide bonds. The van der Waals surface area contributed by atoms with E-state index in [1.54, 1.807) is 0 Å². The van der Waals surface area contributed by atoms with Gasteiger partial charge in [-0.1, -0.05) is 6.92 Å². The minimum atomic E-state index is -1.38. The predicted molar refractivity (Wildman–Crippen MR) is 57.7 cm³/mol. The fourth-order valence-electron chi connectivity index (χ4n) is 1.000. The van der Waals surface area contributed by atoms with Crippen LogP contribution < -0.4 is 0 Å². The summed E-state index contributed by atoms with van der Waals surface area (Å²) < 4.78 is 5.96. The first-order valence-corrected chi connectivity index (χ1v) is 8.13. The second kappa shape index (κ2) is 4.70. The Kier molecular flexibility index (Phi) is 4.61. The summed E-state index contributed by atoms with van der Waals surface area (Å²) in [5.74, 6) is 1.22. The Hall–Kier alpha value is -0.243. The van der Waals surface area contributed by atoms with E-state index in [0.29, 0.717) is 0 Å². The Balaban J connectivity index is 4.26. The lowest BCUT2D eigenvalue weighted by molar-refractivity contribution is 0.391. The standard InChI is InChI=1S/C10H22OSi/c1-7-8-10(9(2)3)11-12(4,5)6/h7-8H2,1-6H3. The molecule has 0 spiro atoms. The number of allylic oxidation sites excluding steroid dienone is 2. The van der Waals surface area contributed by atoms with E-state index < -0.39 is 8.32 Å². The first kappa shape index (κ1) is 11.8. The summed E-state index contributed by atoms with van der Waals surface area (Å²) in [6.45, 7) is 13.1. The van der Waals surface area contributed by atoms with Crippen molar-refractivity contribution in [1.82, 2.24) is 0 Å². The van der Waals surface area contributed by atoms with Gasteiger partial charge >= 0.3 is 0 Å². The van der Waals surface area contributed by atoms with Gasteiger partial charge in [-0.2, -0.15) is 0 Å². The largest absolute Gasteiger partial charge is 0.547 e. The first-order valence-electron chi connectivity index (χ1n) is 4.72.